The largest absolute Gasteiger partial charge is 0.445 e. The van der Waals surface area contributed by atoms with Gasteiger partial charge in [-0.15, -0.1) is 0 Å². The van der Waals surface area contributed by atoms with Gasteiger partial charge in [-0.2, -0.15) is 0 Å². The van der Waals surface area contributed by atoms with Gasteiger partial charge in [0.05, 0.1) is 4.83 Å². The van der Waals surface area contributed by atoms with Gasteiger partial charge in [-0.1, -0.05) is 76.6 Å². The predicted octanol–water partition coefficient (Wildman–Crippen LogP) is 6.89. The van der Waals surface area contributed by atoms with Crippen LogP contribution in [-0.2, 0) is 28.1 Å². The van der Waals surface area contributed by atoms with Crippen molar-refractivity contribution in [3.8, 4) is 11.3 Å². The summed E-state index contributed by atoms with van der Waals surface area (Å²) >= 11 is 3.23. The maximum Gasteiger partial charge on any atom is 0.410 e. The molecule has 2 aromatic carbocycles. The van der Waals surface area contributed by atoms with Crippen LogP contribution in [0.5, 0.6) is 0 Å². The number of ketones is 1. The number of primary amides is 1. The molecule has 1 radical (unpaired) electrons. The first-order valence-electron chi connectivity index (χ1n) is 15.6. The van der Waals surface area contributed by atoms with Crippen LogP contribution in [0.4, 0.5) is 4.79 Å². The molecule has 0 aliphatic carbocycles. The molecule has 2 fully saturated rings. The second-order valence-electron chi connectivity index (χ2n) is 12.3. The average molecular weight is 735 g/mol. The number of hydrogen-bond acceptors (Lipinski definition) is 7. The van der Waals surface area contributed by atoms with E-state index in [1.807, 2.05) is 83.1 Å². The van der Waals surface area contributed by atoms with Crippen LogP contribution < -0.4 is 11.1 Å². The number of oxazole rings is 1. The van der Waals surface area contributed by atoms with Crippen molar-refractivity contribution in [1.29, 1.82) is 0 Å². The van der Waals surface area contributed by atoms with Crippen LogP contribution in [0, 0.1) is 12.8 Å². The van der Waals surface area contributed by atoms with Crippen molar-refractivity contribution in [2.45, 2.75) is 76.6 Å². The van der Waals surface area contributed by atoms with E-state index in [0.717, 1.165) is 54.4 Å². The Morgan fingerprint density at radius 1 is 0.978 bits per heavy atom. The molecule has 3 aromatic rings. The minimum absolute atomic E-state index is 0. The van der Waals surface area contributed by atoms with Crippen molar-refractivity contribution in [1.82, 2.24) is 15.2 Å². The number of likely N-dealkylation sites (tertiary alicyclic amines) is 1. The molecule has 0 spiro atoms. The molecule has 3 N–H and O–H groups in total. The van der Waals surface area contributed by atoms with E-state index in [9.17, 15) is 14.4 Å². The van der Waals surface area contributed by atoms with Crippen molar-refractivity contribution >= 4 is 33.7 Å². The van der Waals surface area contributed by atoms with Crippen LogP contribution in [0.1, 0.15) is 81.3 Å². The first kappa shape index (κ1) is 39.3. The van der Waals surface area contributed by atoms with Gasteiger partial charge in [0.1, 0.15) is 17.1 Å². The van der Waals surface area contributed by atoms with Crippen molar-refractivity contribution < 1.29 is 42.1 Å². The molecule has 2 amide bonds. The minimum Gasteiger partial charge on any atom is -0.445 e. The summed E-state index contributed by atoms with van der Waals surface area (Å²) in [5.41, 5.74) is 7.63. The number of hydrogen-bond donors (Lipinski definition) is 2. The average Bonchev–Trinajstić information content (AvgIpc) is 3.43. The molecule has 1 aromatic heterocycles. The summed E-state index contributed by atoms with van der Waals surface area (Å²) in [6.45, 7) is 12.5. The van der Waals surface area contributed by atoms with Gasteiger partial charge in [0.15, 0.2) is 11.7 Å². The Hall–Kier alpha value is -2.92. The molecule has 3 heterocycles. The van der Waals surface area contributed by atoms with Crippen LogP contribution in [0.15, 0.2) is 65.1 Å². The fourth-order valence-electron chi connectivity index (χ4n) is 5.03. The summed E-state index contributed by atoms with van der Waals surface area (Å²) in [5.74, 6) is 2.07. The Morgan fingerprint density at radius 2 is 1.52 bits per heavy atom. The van der Waals surface area contributed by atoms with Gasteiger partial charge in [0, 0.05) is 54.6 Å². The SMILES string of the molecule is CC(Br)C(=O)c1ccccc1.CC(C)(C)OC(=O)N1CCC(C(N)=O)CC1.Cc1oc(C2CCNCC2)nc1-c1ccccc1.[V]. The van der Waals surface area contributed by atoms with Gasteiger partial charge in [0.2, 0.25) is 5.91 Å². The van der Waals surface area contributed by atoms with Crippen molar-refractivity contribution in [3.63, 3.8) is 0 Å². The number of ether oxygens (including phenoxy) is 1. The number of alkyl halides is 1. The maximum absolute atomic E-state index is 11.7. The number of aryl methyl sites for hydroxylation is 1. The Labute approximate surface area is 293 Å². The van der Waals surface area contributed by atoms with Crippen LogP contribution in [-0.4, -0.2) is 64.3 Å². The number of halogens is 1. The maximum atomic E-state index is 11.7. The molecule has 11 heteroatoms. The third-order valence-corrected chi connectivity index (χ3v) is 7.93. The van der Waals surface area contributed by atoms with E-state index >= 15 is 0 Å². The molecule has 46 heavy (non-hydrogen) atoms. The number of nitrogens with two attached hydrogens (primary N) is 1. The molecular formula is C35H47BrN4O5V. The first-order chi connectivity index (χ1) is 21.4. The predicted molar refractivity (Wildman–Crippen MR) is 180 cm³/mol. The number of nitrogens with one attached hydrogen (secondary N) is 1. The number of carbonyl (C=O) groups is 3. The van der Waals surface area contributed by atoms with Crippen LogP contribution in [0.3, 0.4) is 0 Å². The fourth-order valence-corrected chi connectivity index (χ4v) is 5.29. The van der Waals surface area contributed by atoms with Gasteiger partial charge < -0.3 is 25.1 Å². The zero-order valence-corrected chi connectivity index (χ0v) is 30.5. The van der Waals surface area contributed by atoms with E-state index < -0.39 is 5.60 Å². The van der Waals surface area contributed by atoms with Gasteiger partial charge in [0.25, 0.3) is 0 Å². The summed E-state index contributed by atoms with van der Waals surface area (Å²) in [6, 6.07) is 19.5. The van der Waals surface area contributed by atoms with E-state index in [1.165, 1.54) is 0 Å². The summed E-state index contributed by atoms with van der Waals surface area (Å²) in [6.07, 6.45) is 3.20. The fraction of sp³-hybridized carbons (Fsp3) is 0.486. The van der Waals surface area contributed by atoms with E-state index in [0.29, 0.717) is 31.8 Å². The third kappa shape index (κ3) is 12.7. The third-order valence-electron chi connectivity index (χ3n) is 7.52. The Balaban J connectivity index is 0.000000245. The zero-order valence-electron chi connectivity index (χ0n) is 27.5. The summed E-state index contributed by atoms with van der Waals surface area (Å²) in [7, 11) is 0. The monoisotopic (exact) mass is 733 g/mol. The number of rotatable bonds is 5. The number of aromatic nitrogens is 1. The summed E-state index contributed by atoms with van der Waals surface area (Å²) < 4.78 is 11.1. The van der Waals surface area contributed by atoms with Gasteiger partial charge in [-0.3, -0.25) is 9.59 Å². The van der Waals surface area contributed by atoms with Crippen LogP contribution in [0.2, 0.25) is 0 Å². The number of amides is 2. The topological polar surface area (TPSA) is 128 Å². The number of piperidine rings is 2. The van der Waals surface area contributed by atoms with Gasteiger partial charge >= 0.3 is 6.09 Å². The number of carbonyl (C=O) groups excluding carboxylic acids is 3. The normalized spacial score (nSPS) is 16.0. The molecule has 9 nitrogen and oxygen atoms in total. The first-order valence-corrected chi connectivity index (χ1v) is 16.5. The van der Waals surface area contributed by atoms with E-state index in [1.54, 1.807) is 4.90 Å². The molecule has 1 atom stereocenters. The molecule has 0 saturated carbocycles. The number of nitrogens with zero attached hydrogens (tertiary/aromatic N) is 2. The van der Waals surface area contributed by atoms with Crippen LogP contribution >= 0.6 is 15.9 Å². The van der Waals surface area contributed by atoms with E-state index in [4.69, 9.17) is 19.9 Å². The van der Waals surface area contributed by atoms with Crippen molar-refractivity contribution in [2.24, 2.45) is 11.7 Å². The zero-order chi connectivity index (χ0) is 33.0. The van der Waals surface area contributed by atoms with Gasteiger partial charge in [-0.05, 0) is 73.4 Å². The Morgan fingerprint density at radius 3 is 2.02 bits per heavy atom. The molecule has 2 aliphatic heterocycles. The molecule has 0 bridgehead atoms. The second kappa shape index (κ2) is 19.0. The van der Waals surface area contributed by atoms with Crippen molar-refractivity contribution in [2.75, 3.05) is 26.2 Å². The minimum atomic E-state index is -0.475. The van der Waals surface area contributed by atoms with Crippen LogP contribution in [0.25, 0.3) is 11.3 Å². The second-order valence-corrected chi connectivity index (χ2v) is 13.7. The Kier molecular flexibility index (Phi) is 16.2. The standard InChI is InChI=1S/C15H18N2O.C11H20N2O3.C9H9BrO.V/c1-11-14(12-5-3-2-4-6-12)17-15(18-11)13-7-9-16-10-8-13;1-11(2,3)16-10(15)13-6-4-8(5-7-13)9(12)14;1-7(10)9(11)8-5-3-2-4-6-8;/h2-6,13,16H,7-10H2,1H3;8H,4-7H2,1-3H3,(H2,12,14);2-7H,1H3;. The van der Waals surface area contributed by atoms with E-state index in [-0.39, 0.29) is 47.1 Å². The smallest absolute Gasteiger partial charge is 0.410 e. The molecule has 2 aliphatic rings. The quantitative estimate of drug-likeness (QED) is 0.216. The molecule has 1 unspecified atom stereocenters. The molecule has 5 rings (SSSR count). The van der Waals surface area contributed by atoms with Gasteiger partial charge in [-0.25, -0.2) is 9.78 Å². The number of benzene rings is 2. The molecule has 249 valence electrons. The number of Topliss-reactive ketones (excluding diaryl/α,β-unsaturated/α-hetero) is 1. The van der Waals surface area contributed by atoms with Crippen molar-refractivity contribution in [3.05, 3.63) is 77.9 Å². The Bertz CT molecular complexity index is 1360. The summed E-state index contributed by atoms with van der Waals surface area (Å²) in [4.78, 5) is 40.2. The molecule has 2 saturated heterocycles. The summed E-state index contributed by atoms with van der Waals surface area (Å²) in [5, 5.41) is 3.37. The van der Waals surface area contributed by atoms with E-state index in [2.05, 4.69) is 33.4 Å². The molecular weight excluding hydrogens is 687 g/mol.